The molecule has 0 bridgehead atoms. The third-order valence-electron chi connectivity index (χ3n) is 3.91. The second kappa shape index (κ2) is 7.95. The average molecular weight is 324 g/mol. The number of hydrogen-bond donors (Lipinski definition) is 2. The van der Waals surface area contributed by atoms with Crippen molar-refractivity contribution in [3.63, 3.8) is 0 Å². The number of likely N-dealkylation sites (tertiary alicyclic amines) is 1. The number of benzene rings is 1. The van der Waals surface area contributed by atoms with Crippen LogP contribution >= 0.6 is 11.6 Å². The van der Waals surface area contributed by atoms with E-state index in [1.165, 1.54) is 5.56 Å². The monoisotopic (exact) mass is 323 g/mol. The Morgan fingerprint density at radius 3 is 2.86 bits per heavy atom. The molecule has 1 fully saturated rings. The minimum absolute atomic E-state index is 0.0542. The molecule has 1 aromatic carbocycles. The van der Waals surface area contributed by atoms with Gasteiger partial charge in [0, 0.05) is 49.7 Å². The number of carbonyl (C=O) groups is 1. The molecule has 0 aliphatic carbocycles. The van der Waals surface area contributed by atoms with Gasteiger partial charge in [0.1, 0.15) is 0 Å². The van der Waals surface area contributed by atoms with Gasteiger partial charge in [-0.3, -0.25) is 9.69 Å². The SMILES string of the molecule is CC(=O)NC1CCN(CC(NC(C)C)c2cccc(Cl)c2)C1. The summed E-state index contributed by atoms with van der Waals surface area (Å²) in [7, 11) is 0. The lowest BCUT2D eigenvalue weighted by Crippen LogP contribution is -2.39. The zero-order chi connectivity index (χ0) is 16.1. The van der Waals surface area contributed by atoms with Crippen molar-refractivity contribution in [1.29, 1.82) is 0 Å². The van der Waals surface area contributed by atoms with Crippen LogP contribution in [0, 0.1) is 0 Å². The fraction of sp³-hybridized carbons (Fsp3) is 0.588. The molecule has 2 rings (SSSR count). The van der Waals surface area contributed by atoms with E-state index in [9.17, 15) is 4.79 Å². The molecule has 1 amide bonds. The molecule has 2 atom stereocenters. The minimum Gasteiger partial charge on any atom is -0.352 e. The number of rotatable bonds is 6. The van der Waals surface area contributed by atoms with E-state index in [-0.39, 0.29) is 18.0 Å². The molecular formula is C17H26ClN3O. The van der Waals surface area contributed by atoms with E-state index in [0.29, 0.717) is 6.04 Å². The summed E-state index contributed by atoms with van der Waals surface area (Å²) >= 11 is 6.13. The van der Waals surface area contributed by atoms with Gasteiger partial charge in [-0.15, -0.1) is 0 Å². The Bertz CT molecular complexity index is 506. The highest BCUT2D eigenvalue weighted by atomic mass is 35.5. The topological polar surface area (TPSA) is 44.4 Å². The molecule has 22 heavy (non-hydrogen) atoms. The highest BCUT2D eigenvalue weighted by Gasteiger charge is 2.26. The van der Waals surface area contributed by atoms with E-state index >= 15 is 0 Å². The van der Waals surface area contributed by atoms with Crippen molar-refractivity contribution in [2.45, 2.75) is 45.3 Å². The third kappa shape index (κ3) is 5.27. The predicted octanol–water partition coefficient (Wildman–Crippen LogP) is 2.59. The van der Waals surface area contributed by atoms with E-state index in [0.717, 1.165) is 31.1 Å². The van der Waals surface area contributed by atoms with Crippen LogP contribution in [0.1, 0.15) is 38.8 Å². The molecular weight excluding hydrogens is 298 g/mol. The molecule has 1 saturated heterocycles. The number of carbonyl (C=O) groups excluding carboxylic acids is 1. The molecule has 1 aromatic rings. The van der Waals surface area contributed by atoms with Gasteiger partial charge in [0.15, 0.2) is 0 Å². The van der Waals surface area contributed by atoms with E-state index in [2.05, 4.69) is 35.4 Å². The molecule has 2 unspecified atom stereocenters. The summed E-state index contributed by atoms with van der Waals surface area (Å²) in [4.78, 5) is 13.6. The Kier molecular flexibility index (Phi) is 6.24. The third-order valence-corrected chi connectivity index (χ3v) is 4.14. The van der Waals surface area contributed by atoms with Crippen molar-refractivity contribution >= 4 is 17.5 Å². The standard InChI is InChI=1S/C17H26ClN3O/c1-12(2)19-17(14-5-4-6-15(18)9-14)11-21-8-7-16(10-21)20-13(3)22/h4-6,9,12,16-17,19H,7-8,10-11H2,1-3H3,(H,20,22). The predicted molar refractivity (Wildman–Crippen MR) is 91.1 cm³/mol. The zero-order valence-electron chi connectivity index (χ0n) is 13.6. The molecule has 1 heterocycles. The summed E-state index contributed by atoms with van der Waals surface area (Å²) < 4.78 is 0. The summed E-state index contributed by atoms with van der Waals surface area (Å²) in [5.74, 6) is 0.0542. The molecule has 0 aromatic heterocycles. The summed E-state index contributed by atoms with van der Waals surface area (Å²) in [6.45, 7) is 8.74. The van der Waals surface area contributed by atoms with Gasteiger partial charge >= 0.3 is 0 Å². The molecule has 5 heteroatoms. The van der Waals surface area contributed by atoms with E-state index in [4.69, 9.17) is 11.6 Å². The van der Waals surface area contributed by atoms with E-state index in [1.807, 2.05) is 18.2 Å². The van der Waals surface area contributed by atoms with Crippen LogP contribution in [0.5, 0.6) is 0 Å². The Balaban J connectivity index is 2.00. The highest BCUT2D eigenvalue weighted by Crippen LogP contribution is 2.21. The fourth-order valence-corrected chi connectivity index (χ4v) is 3.24. The molecule has 4 nitrogen and oxygen atoms in total. The molecule has 0 radical (unpaired) electrons. The molecule has 1 aliphatic rings. The second-order valence-electron chi connectivity index (χ2n) is 6.37. The fourth-order valence-electron chi connectivity index (χ4n) is 3.04. The summed E-state index contributed by atoms with van der Waals surface area (Å²) in [5.41, 5.74) is 1.21. The van der Waals surface area contributed by atoms with Crippen LogP contribution in [0.15, 0.2) is 24.3 Å². The van der Waals surface area contributed by atoms with Crippen LogP contribution in [0.25, 0.3) is 0 Å². The lowest BCUT2D eigenvalue weighted by Gasteiger charge is -2.27. The van der Waals surface area contributed by atoms with Gasteiger partial charge in [-0.2, -0.15) is 0 Å². The summed E-state index contributed by atoms with van der Waals surface area (Å²) in [5, 5.41) is 7.40. The number of nitrogens with zero attached hydrogens (tertiary/aromatic N) is 1. The second-order valence-corrected chi connectivity index (χ2v) is 6.81. The van der Waals surface area contributed by atoms with Gasteiger partial charge in [-0.25, -0.2) is 0 Å². The normalized spacial score (nSPS) is 20.3. The first-order chi connectivity index (χ1) is 10.4. The van der Waals surface area contributed by atoms with Crippen LogP contribution in [-0.2, 0) is 4.79 Å². The quantitative estimate of drug-likeness (QED) is 0.845. The lowest BCUT2D eigenvalue weighted by molar-refractivity contribution is -0.119. The largest absolute Gasteiger partial charge is 0.352 e. The van der Waals surface area contributed by atoms with Gasteiger partial charge in [0.05, 0.1) is 0 Å². The van der Waals surface area contributed by atoms with Crippen molar-refractivity contribution in [2.75, 3.05) is 19.6 Å². The van der Waals surface area contributed by atoms with E-state index < -0.39 is 0 Å². The number of nitrogens with one attached hydrogen (secondary N) is 2. The zero-order valence-corrected chi connectivity index (χ0v) is 14.4. The number of hydrogen-bond acceptors (Lipinski definition) is 3. The van der Waals surface area contributed by atoms with Gasteiger partial charge < -0.3 is 10.6 Å². The van der Waals surface area contributed by atoms with Crippen LogP contribution in [-0.4, -0.2) is 42.5 Å². The maximum atomic E-state index is 11.2. The number of halogens is 1. The Morgan fingerprint density at radius 2 is 2.23 bits per heavy atom. The first-order valence-electron chi connectivity index (χ1n) is 7.95. The summed E-state index contributed by atoms with van der Waals surface area (Å²) in [6, 6.07) is 8.97. The van der Waals surface area contributed by atoms with Crippen LogP contribution in [0.4, 0.5) is 0 Å². The van der Waals surface area contributed by atoms with Gasteiger partial charge in [-0.05, 0) is 24.1 Å². The molecule has 0 spiro atoms. The highest BCUT2D eigenvalue weighted by molar-refractivity contribution is 6.30. The maximum absolute atomic E-state index is 11.2. The van der Waals surface area contributed by atoms with Gasteiger partial charge in [-0.1, -0.05) is 37.6 Å². The Labute approximate surface area is 138 Å². The minimum atomic E-state index is 0.0542. The van der Waals surface area contributed by atoms with Crippen molar-refractivity contribution in [3.05, 3.63) is 34.9 Å². The maximum Gasteiger partial charge on any atom is 0.217 e. The van der Waals surface area contributed by atoms with Crippen LogP contribution in [0.2, 0.25) is 5.02 Å². The molecule has 2 N–H and O–H groups in total. The molecule has 0 saturated carbocycles. The van der Waals surface area contributed by atoms with Crippen molar-refractivity contribution in [1.82, 2.24) is 15.5 Å². The molecule has 1 aliphatic heterocycles. The average Bonchev–Trinajstić information content (AvgIpc) is 2.84. The number of amides is 1. The van der Waals surface area contributed by atoms with Crippen LogP contribution in [0.3, 0.4) is 0 Å². The van der Waals surface area contributed by atoms with Gasteiger partial charge in [0.25, 0.3) is 0 Å². The van der Waals surface area contributed by atoms with Crippen molar-refractivity contribution in [3.8, 4) is 0 Å². The lowest BCUT2D eigenvalue weighted by atomic mass is 10.1. The first kappa shape index (κ1) is 17.3. The summed E-state index contributed by atoms with van der Waals surface area (Å²) in [6.07, 6.45) is 1.02. The Morgan fingerprint density at radius 1 is 1.45 bits per heavy atom. The van der Waals surface area contributed by atoms with E-state index in [1.54, 1.807) is 6.92 Å². The molecule has 122 valence electrons. The first-order valence-corrected chi connectivity index (χ1v) is 8.33. The van der Waals surface area contributed by atoms with Gasteiger partial charge in [0.2, 0.25) is 5.91 Å². The Hall–Kier alpha value is -1.10. The smallest absolute Gasteiger partial charge is 0.217 e. The van der Waals surface area contributed by atoms with Crippen molar-refractivity contribution in [2.24, 2.45) is 0 Å². The van der Waals surface area contributed by atoms with Crippen molar-refractivity contribution < 1.29 is 4.79 Å². The van der Waals surface area contributed by atoms with Crippen LogP contribution < -0.4 is 10.6 Å².